The van der Waals surface area contributed by atoms with E-state index in [1.54, 1.807) is 23.5 Å². The van der Waals surface area contributed by atoms with Crippen LogP contribution in [0.5, 0.6) is 0 Å². The number of nitrogens with zero attached hydrogens (tertiary/aromatic N) is 1. The number of H-pyrrole nitrogens is 1. The maximum Gasteiger partial charge on any atom is 0.153 e. The average molecular weight is 322 g/mol. The Kier molecular flexibility index (Phi) is 3.69. The first-order chi connectivity index (χ1) is 10.1. The van der Waals surface area contributed by atoms with Gasteiger partial charge >= 0.3 is 0 Å². The number of nitrogens with one attached hydrogen (secondary N) is 1. The van der Waals surface area contributed by atoms with Gasteiger partial charge in [-0.15, -0.1) is 11.3 Å². The van der Waals surface area contributed by atoms with Crippen LogP contribution in [-0.4, -0.2) is 10.2 Å². The van der Waals surface area contributed by atoms with Crippen molar-refractivity contribution in [1.29, 1.82) is 0 Å². The van der Waals surface area contributed by atoms with Crippen molar-refractivity contribution < 1.29 is 4.39 Å². The molecule has 108 valence electrons. The number of anilines is 1. The Morgan fingerprint density at radius 3 is 2.86 bits per heavy atom. The van der Waals surface area contributed by atoms with Crippen molar-refractivity contribution in [2.75, 3.05) is 5.73 Å². The van der Waals surface area contributed by atoms with Crippen molar-refractivity contribution in [3.63, 3.8) is 0 Å². The van der Waals surface area contributed by atoms with Crippen molar-refractivity contribution in [3.05, 3.63) is 46.0 Å². The second kappa shape index (κ2) is 5.50. The summed E-state index contributed by atoms with van der Waals surface area (Å²) in [4.78, 5) is 1.01. The van der Waals surface area contributed by atoms with E-state index >= 15 is 0 Å². The third-order valence-electron chi connectivity index (χ3n) is 3.36. The predicted octanol–water partition coefficient (Wildman–Crippen LogP) is 4.74. The van der Waals surface area contributed by atoms with Gasteiger partial charge in [0.25, 0.3) is 0 Å². The molecule has 0 atom stereocenters. The molecular formula is C15H13ClFN3S. The summed E-state index contributed by atoms with van der Waals surface area (Å²) in [5.41, 5.74) is 8.64. The van der Waals surface area contributed by atoms with E-state index in [1.165, 1.54) is 6.07 Å². The molecule has 0 radical (unpaired) electrons. The summed E-state index contributed by atoms with van der Waals surface area (Å²) in [6.45, 7) is 2.07. The molecule has 0 aliphatic heterocycles. The Bertz CT molecular complexity index is 774. The van der Waals surface area contributed by atoms with Gasteiger partial charge < -0.3 is 5.73 Å². The zero-order chi connectivity index (χ0) is 15.0. The number of hydrogen-bond acceptors (Lipinski definition) is 3. The zero-order valence-corrected chi connectivity index (χ0v) is 12.9. The normalized spacial score (nSPS) is 11.0. The number of aryl methyl sites for hydroxylation is 1. The van der Waals surface area contributed by atoms with Crippen molar-refractivity contribution in [2.45, 2.75) is 13.3 Å². The number of aromatic amines is 1. The van der Waals surface area contributed by atoms with E-state index in [0.29, 0.717) is 16.3 Å². The van der Waals surface area contributed by atoms with Crippen LogP contribution < -0.4 is 5.73 Å². The molecule has 0 aliphatic rings. The highest BCUT2D eigenvalue weighted by Crippen LogP contribution is 2.42. The summed E-state index contributed by atoms with van der Waals surface area (Å²) in [6.07, 6.45) is 0.877. The smallest absolute Gasteiger partial charge is 0.153 e. The molecule has 0 spiro atoms. The van der Waals surface area contributed by atoms with E-state index < -0.39 is 5.82 Å². The van der Waals surface area contributed by atoms with Crippen molar-refractivity contribution in [1.82, 2.24) is 10.2 Å². The molecule has 21 heavy (non-hydrogen) atoms. The van der Waals surface area contributed by atoms with E-state index in [9.17, 15) is 4.39 Å². The first kappa shape index (κ1) is 14.1. The molecule has 2 aromatic heterocycles. The Morgan fingerprint density at radius 2 is 2.14 bits per heavy atom. The number of nitrogen functional groups attached to an aromatic ring is 1. The third kappa shape index (κ3) is 2.32. The molecule has 3 N–H and O–H groups in total. The fourth-order valence-electron chi connectivity index (χ4n) is 2.34. The lowest BCUT2D eigenvalue weighted by Crippen LogP contribution is -1.93. The molecule has 0 bridgehead atoms. The second-order valence-corrected chi connectivity index (χ2v) is 5.91. The van der Waals surface area contributed by atoms with E-state index in [4.69, 9.17) is 17.3 Å². The minimum atomic E-state index is -0.411. The topological polar surface area (TPSA) is 54.7 Å². The highest BCUT2D eigenvalue weighted by atomic mass is 35.5. The summed E-state index contributed by atoms with van der Waals surface area (Å²) < 4.78 is 14.2. The van der Waals surface area contributed by atoms with Gasteiger partial charge in [0.15, 0.2) is 5.82 Å². The number of nitrogens with two attached hydrogens (primary N) is 1. The Balaban J connectivity index is 2.28. The lowest BCUT2D eigenvalue weighted by Gasteiger charge is -2.08. The van der Waals surface area contributed by atoms with E-state index in [1.807, 2.05) is 11.4 Å². The standard InChI is InChI=1S/C15H13ClFN3S/c1-2-8-6-7-21-14(8)13-12(15(18)20-19-13)11-9(16)4-3-5-10(11)17/h3-7H,2H2,1H3,(H3,18,19,20). The molecule has 0 amide bonds. The molecule has 3 rings (SSSR count). The van der Waals surface area contributed by atoms with Gasteiger partial charge in [0.05, 0.1) is 21.2 Å². The van der Waals surface area contributed by atoms with Crippen LogP contribution >= 0.6 is 22.9 Å². The van der Waals surface area contributed by atoms with Gasteiger partial charge in [-0.2, -0.15) is 5.10 Å². The van der Waals surface area contributed by atoms with Crippen molar-refractivity contribution in [3.8, 4) is 21.7 Å². The SMILES string of the molecule is CCc1ccsc1-c1[nH]nc(N)c1-c1c(F)cccc1Cl. The molecule has 3 nitrogen and oxygen atoms in total. The molecule has 0 fully saturated rings. The minimum absolute atomic E-state index is 0.243. The third-order valence-corrected chi connectivity index (χ3v) is 4.65. The average Bonchev–Trinajstić information content (AvgIpc) is 3.06. The highest BCUT2D eigenvalue weighted by Gasteiger charge is 2.22. The zero-order valence-electron chi connectivity index (χ0n) is 11.3. The minimum Gasteiger partial charge on any atom is -0.382 e. The molecular weight excluding hydrogens is 309 g/mol. The van der Waals surface area contributed by atoms with Crippen LogP contribution in [0, 0.1) is 5.82 Å². The number of halogens is 2. The Hall–Kier alpha value is -1.85. The van der Waals surface area contributed by atoms with E-state index in [-0.39, 0.29) is 11.4 Å². The van der Waals surface area contributed by atoms with Crippen LogP contribution in [0.1, 0.15) is 12.5 Å². The quantitative estimate of drug-likeness (QED) is 0.732. The van der Waals surface area contributed by atoms with Gasteiger partial charge in [-0.05, 0) is 35.6 Å². The van der Waals surface area contributed by atoms with Gasteiger partial charge in [-0.3, -0.25) is 5.10 Å². The van der Waals surface area contributed by atoms with Gasteiger partial charge in [0.1, 0.15) is 5.82 Å². The fourth-order valence-corrected chi connectivity index (χ4v) is 3.60. The Labute approximate surface area is 130 Å². The van der Waals surface area contributed by atoms with Gasteiger partial charge in [0, 0.05) is 5.56 Å². The number of benzene rings is 1. The van der Waals surface area contributed by atoms with Crippen LogP contribution in [0.2, 0.25) is 5.02 Å². The van der Waals surface area contributed by atoms with Gasteiger partial charge in [-0.1, -0.05) is 24.6 Å². The fraction of sp³-hybridized carbons (Fsp3) is 0.133. The van der Waals surface area contributed by atoms with Crippen LogP contribution in [0.15, 0.2) is 29.6 Å². The molecule has 1 aromatic carbocycles. The lowest BCUT2D eigenvalue weighted by atomic mass is 10.0. The summed E-state index contributed by atoms with van der Waals surface area (Å²) in [7, 11) is 0. The van der Waals surface area contributed by atoms with Crippen LogP contribution in [0.3, 0.4) is 0 Å². The maximum absolute atomic E-state index is 14.2. The molecule has 3 aromatic rings. The van der Waals surface area contributed by atoms with Gasteiger partial charge in [-0.25, -0.2) is 4.39 Å². The van der Waals surface area contributed by atoms with Gasteiger partial charge in [0.2, 0.25) is 0 Å². The predicted molar refractivity (Wildman–Crippen MR) is 86.1 cm³/mol. The summed E-state index contributed by atoms with van der Waals surface area (Å²) >= 11 is 7.73. The molecule has 0 saturated heterocycles. The van der Waals surface area contributed by atoms with Crippen LogP contribution in [0.4, 0.5) is 10.2 Å². The number of aromatic nitrogens is 2. The first-order valence-corrected chi connectivity index (χ1v) is 7.74. The molecule has 2 heterocycles. The van der Waals surface area contributed by atoms with Crippen LogP contribution in [-0.2, 0) is 6.42 Å². The number of thiophene rings is 1. The van der Waals surface area contributed by atoms with Crippen molar-refractivity contribution >= 4 is 28.8 Å². The van der Waals surface area contributed by atoms with E-state index in [2.05, 4.69) is 17.1 Å². The summed E-state index contributed by atoms with van der Waals surface area (Å²) in [5.74, 6) is -0.168. The summed E-state index contributed by atoms with van der Waals surface area (Å²) in [5, 5.41) is 9.27. The van der Waals surface area contributed by atoms with Crippen molar-refractivity contribution in [2.24, 2.45) is 0 Å². The van der Waals surface area contributed by atoms with Crippen LogP contribution in [0.25, 0.3) is 21.7 Å². The second-order valence-electron chi connectivity index (χ2n) is 4.58. The van der Waals surface area contributed by atoms with E-state index in [0.717, 1.165) is 16.9 Å². The number of rotatable bonds is 3. The first-order valence-electron chi connectivity index (χ1n) is 6.48. The largest absolute Gasteiger partial charge is 0.382 e. The monoisotopic (exact) mass is 321 g/mol. The highest BCUT2D eigenvalue weighted by molar-refractivity contribution is 7.13. The maximum atomic E-state index is 14.2. The summed E-state index contributed by atoms with van der Waals surface area (Å²) in [6, 6.07) is 6.63. The molecule has 6 heteroatoms. The lowest BCUT2D eigenvalue weighted by molar-refractivity contribution is 0.631. The number of hydrogen-bond donors (Lipinski definition) is 2. The Morgan fingerprint density at radius 1 is 1.33 bits per heavy atom. The molecule has 0 saturated carbocycles. The molecule has 0 aliphatic carbocycles. The molecule has 0 unspecified atom stereocenters.